The quantitative estimate of drug-likeness (QED) is 0.797. The first kappa shape index (κ1) is 14.8. The molecule has 1 N–H and O–H groups in total. The van der Waals surface area contributed by atoms with Gasteiger partial charge in [0.15, 0.2) is 0 Å². The summed E-state index contributed by atoms with van der Waals surface area (Å²) in [6.07, 6.45) is 2.03. The third-order valence-corrected chi connectivity index (χ3v) is 4.80. The SMILES string of the molecule is CNC(Cc1ccccc1Br)Cc1ccccc1Br. The molecule has 0 aliphatic carbocycles. The van der Waals surface area contributed by atoms with E-state index in [0.29, 0.717) is 6.04 Å². The predicted molar refractivity (Wildman–Crippen MR) is 88.5 cm³/mol. The van der Waals surface area contributed by atoms with Crippen LogP contribution in [0.1, 0.15) is 11.1 Å². The van der Waals surface area contributed by atoms with Gasteiger partial charge in [-0.05, 0) is 43.1 Å². The maximum absolute atomic E-state index is 3.62. The van der Waals surface area contributed by atoms with E-state index in [1.54, 1.807) is 0 Å². The van der Waals surface area contributed by atoms with Crippen LogP contribution < -0.4 is 5.32 Å². The van der Waals surface area contributed by atoms with Crippen LogP contribution in [0.4, 0.5) is 0 Å². The monoisotopic (exact) mass is 381 g/mol. The first-order chi connectivity index (χ1) is 9.20. The van der Waals surface area contributed by atoms with Gasteiger partial charge in [0.2, 0.25) is 0 Å². The Hall–Kier alpha value is -0.640. The third-order valence-electron chi connectivity index (χ3n) is 3.26. The van der Waals surface area contributed by atoms with E-state index in [1.807, 2.05) is 7.05 Å². The summed E-state index contributed by atoms with van der Waals surface area (Å²) in [7, 11) is 2.03. The van der Waals surface area contributed by atoms with Gasteiger partial charge in [-0.1, -0.05) is 68.3 Å². The van der Waals surface area contributed by atoms with Crippen LogP contribution in [-0.2, 0) is 12.8 Å². The first-order valence-corrected chi connectivity index (χ1v) is 7.93. The van der Waals surface area contributed by atoms with Crippen LogP contribution in [-0.4, -0.2) is 13.1 Å². The van der Waals surface area contributed by atoms with Crippen LogP contribution in [0, 0.1) is 0 Å². The highest BCUT2D eigenvalue weighted by atomic mass is 79.9. The number of hydrogen-bond donors (Lipinski definition) is 1. The molecular weight excluding hydrogens is 366 g/mol. The van der Waals surface area contributed by atoms with E-state index in [4.69, 9.17) is 0 Å². The van der Waals surface area contributed by atoms with Gasteiger partial charge in [-0.15, -0.1) is 0 Å². The Morgan fingerprint density at radius 1 is 0.842 bits per heavy atom. The summed E-state index contributed by atoms with van der Waals surface area (Å²) >= 11 is 7.23. The van der Waals surface area contributed by atoms with Crippen molar-refractivity contribution in [2.45, 2.75) is 18.9 Å². The Morgan fingerprint density at radius 3 is 1.63 bits per heavy atom. The summed E-state index contributed by atoms with van der Waals surface area (Å²) in [5.41, 5.74) is 2.68. The number of hydrogen-bond acceptors (Lipinski definition) is 1. The van der Waals surface area contributed by atoms with E-state index in [9.17, 15) is 0 Å². The van der Waals surface area contributed by atoms with E-state index < -0.39 is 0 Å². The lowest BCUT2D eigenvalue weighted by Crippen LogP contribution is -2.30. The van der Waals surface area contributed by atoms with E-state index in [1.165, 1.54) is 20.1 Å². The van der Waals surface area contributed by atoms with Crippen molar-refractivity contribution in [3.8, 4) is 0 Å². The Labute approximate surface area is 131 Å². The minimum absolute atomic E-state index is 0.428. The Morgan fingerprint density at radius 2 is 1.26 bits per heavy atom. The summed E-state index contributed by atoms with van der Waals surface area (Å²) in [5, 5.41) is 3.41. The molecule has 0 aromatic heterocycles. The number of nitrogens with one attached hydrogen (secondary N) is 1. The van der Waals surface area contributed by atoms with E-state index >= 15 is 0 Å². The van der Waals surface area contributed by atoms with Crippen molar-refractivity contribution in [2.24, 2.45) is 0 Å². The predicted octanol–water partition coefficient (Wildman–Crippen LogP) is 4.58. The number of rotatable bonds is 5. The molecule has 0 saturated carbocycles. The first-order valence-electron chi connectivity index (χ1n) is 6.34. The molecule has 0 unspecified atom stereocenters. The molecule has 0 spiro atoms. The Bertz CT molecular complexity index is 492. The standard InChI is InChI=1S/C16H17Br2N/c1-19-14(10-12-6-2-4-8-15(12)17)11-13-7-3-5-9-16(13)18/h2-9,14,19H,10-11H2,1H3. The molecular formula is C16H17Br2N. The summed E-state index contributed by atoms with van der Waals surface area (Å²) in [4.78, 5) is 0. The van der Waals surface area contributed by atoms with Crippen molar-refractivity contribution >= 4 is 31.9 Å². The topological polar surface area (TPSA) is 12.0 Å². The van der Waals surface area contributed by atoms with Gasteiger partial charge in [0.05, 0.1) is 0 Å². The second-order valence-corrected chi connectivity index (χ2v) is 6.29. The van der Waals surface area contributed by atoms with Crippen molar-refractivity contribution in [1.82, 2.24) is 5.32 Å². The summed E-state index contributed by atoms with van der Waals surface area (Å²) in [5.74, 6) is 0. The molecule has 0 saturated heterocycles. The lowest BCUT2D eigenvalue weighted by molar-refractivity contribution is 0.555. The Kier molecular flexibility index (Phi) is 5.61. The highest BCUT2D eigenvalue weighted by molar-refractivity contribution is 9.10. The fraction of sp³-hybridized carbons (Fsp3) is 0.250. The van der Waals surface area contributed by atoms with Gasteiger partial charge < -0.3 is 5.32 Å². The van der Waals surface area contributed by atoms with Crippen molar-refractivity contribution in [3.05, 3.63) is 68.6 Å². The molecule has 100 valence electrons. The lowest BCUT2D eigenvalue weighted by Gasteiger charge is -2.18. The molecule has 2 aromatic carbocycles. The zero-order valence-electron chi connectivity index (χ0n) is 10.9. The molecule has 1 nitrogen and oxygen atoms in total. The van der Waals surface area contributed by atoms with E-state index in [-0.39, 0.29) is 0 Å². The molecule has 0 bridgehead atoms. The van der Waals surface area contributed by atoms with Crippen LogP contribution in [0.3, 0.4) is 0 Å². The molecule has 2 rings (SSSR count). The van der Waals surface area contributed by atoms with Crippen molar-refractivity contribution in [2.75, 3.05) is 7.05 Å². The van der Waals surface area contributed by atoms with Gasteiger partial charge in [0, 0.05) is 15.0 Å². The molecule has 0 amide bonds. The van der Waals surface area contributed by atoms with Crippen LogP contribution >= 0.6 is 31.9 Å². The largest absolute Gasteiger partial charge is 0.316 e. The normalized spacial score (nSPS) is 10.9. The van der Waals surface area contributed by atoms with E-state index in [2.05, 4.69) is 85.7 Å². The molecule has 0 fully saturated rings. The number of benzene rings is 2. The van der Waals surface area contributed by atoms with Crippen LogP contribution in [0.5, 0.6) is 0 Å². The average molecular weight is 383 g/mol. The Balaban J connectivity index is 2.09. The minimum Gasteiger partial charge on any atom is -0.316 e. The summed E-state index contributed by atoms with van der Waals surface area (Å²) < 4.78 is 2.37. The van der Waals surface area contributed by atoms with Crippen LogP contribution in [0.2, 0.25) is 0 Å². The number of halogens is 2. The van der Waals surface area contributed by atoms with Crippen molar-refractivity contribution in [3.63, 3.8) is 0 Å². The van der Waals surface area contributed by atoms with Gasteiger partial charge in [-0.3, -0.25) is 0 Å². The molecule has 0 heterocycles. The maximum Gasteiger partial charge on any atom is 0.0207 e. The fourth-order valence-electron chi connectivity index (χ4n) is 2.14. The zero-order valence-corrected chi connectivity index (χ0v) is 14.0. The maximum atomic E-state index is 3.62. The van der Waals surface area contributed by atoms with E-state index in [0.717, 1.165) is 12.8 Å². The smallest absolute Gasteiger partial charge is 0.0207 e. The van der Waals surface area contributed by atoms with Crippen LogP contribution in [0.15, 0.2) is 57.5 Å². The second-order valence-electron chi connectivity index (χ2n) is 4.58. The molecule has 0 atom stereocenters. The van der Waals surface area contributed by atoms with Gasteiger partial charge in [0.1, 0.15) is 0 Å². The molecule has 3 heteroatoms. The fourth-order valence-corrected chi connectivity index (χ4v) is 3.03. The van der Waals surface area contributed by atoms with Gasteiger partial charge in [-0.25, -0.2) is 0 Å². The molecule has 0 radical (unpaired) electrons. The highest BCUT2D eigenvalue weighted by Crippen LogP contribution is 2.21. The van der Waals surface area contributed by atoms with Crippen molar-refractivity contribution < 1.29 is 0 Å². The highest BCUT2D eigenvalue weighted by Gasteiger charge is 2.11. The van der Waals surface area contributed by atoms with Crippen molar-refractivity contribution in [1.29, 1.82) is 0 Å². The van der Waals surface area contributed by atoms with Gasteiger partial charge in [0.25, 0.3) is 0 Å². The van der Waals surface area contributed by atoms with Gasteiger partial charge >= 0.3 is 0 Å². The van der Waals surface area contributed by atoms with Crippen LogP contribution in [0.25, 0.3) is 0 Å². The number of likely N-dealkylation sites (N-methyl/N-ethyl adjacent to an activating group) is 1. The molecule has 19 heavy (non-hydrogen) atoms. The zero-order chi connectivity index (χ0) is 13.7. The average Bonchev–Trinajstić information content (AvgIpc) is 2.42. The molecule has 0 aliphatic heterocycles. The summed E-state index contributed by atoms with van der Waals surface area (Å²) in [6.45, 7) is 0. The lowest BCUT2D eigenvalue weighted by atomic mass is 9.99. The minimum atomic E-state index is 0.428. The third kappa shape index (κ3) is 4.16. The van der Waals surface area contributed by atoms with Gasteiger partial charge in [-0.2, -0.15) is 0 Å². The molecule has 2 aromatic rings. The second kappa shape index (κ2) is 7.22. The summed E-state index contributed by atoms with van der Waals surface area (Å²) in [6, 6.07) is 17.3. The molecule has 0 aliphatic rings.